The van der Waals surface area contributed by atoms with Crippen molar-refractivity contribution in [3.05, 3.63) is 10.6 Å². The van der Waals surface area contributed by atoms with Crippen LogP contribution in [-0.2, 0) is 0 Å². The van der Waals surface area contributed by atoms with Gasteiger partial charge >= 0.3 is 0 Å². The van der Waals surface area contributed by atoms with E-state index in [1.807, 2.05) is 0 Å². The maximum Gasteiger partial charge on any atom is 0.0480 e. The lowest BCUT2D eigenvalue weighted by atomic mass is 10.4. The number of halogens is 2. The molecule has 0 spiro atoms. The van der Waals surface area contributed by atoms with Crippen LogP contribution in [-0.4, -0.2) is 11.7 Å². The number of rotatable bonds is 2. The summed E-state index contributed by atoms with van der Waals surface area (Å²) in [6, 6.07) is 0. The van der Waals surface area contributed by atoms with E-state index in [-0.39, 0.29) is 6.61 Å². The van der Waals surface area contributed by atoms with Gasteiger partial charge in [0.05, 0.1) is 0 Å². The zero-order valence-electron chi connectivity index (χ0n) is 3.69. The van der Waals surface area contributed by atoms with Crippen LogP contribution in [0.3, 0.4) is 0 Å². The third-order valence-electron chi connectivity index (χ3n) is 0.469. The van der Waals surface area contributed by atoms with Crippen LogP contribution in [0.5, 0.6) is 0 Å². The Balaban J connectivity index is 3.17. The molecule has 7 heavy (non-hydrogen) atoms. The second-order valence-corrected chi connectivity index (χ2v) is 1.73. The summed E-state index contributed by atoms with van der Waals surface area (Å²) < 4.78 is 0. The zero-order chi connectivity index (χ0) is 5.70. The molecule has 0 rings (SSSR count). The number of hydrogen-bond donors (Lipinski definition) is 1. The topological polar surface area (TPSA) is 20.2 Å². The van der Waals surface area contributed by atoms with Gasteiger partial charge in [0.1, 0.15) is 0 Å². The maximum atomic E-state index is 8.18. The van der Waals surface area contributed by atoms with Crippen molar-refractivity contribution in [3.8, 4) is 0 Å². The molecule has 0 aromatic rings. The van der Waals surface area contributed by atoms with Crippen LogP contribution in [0.1, 0.15) is 6.42 Å². The fourth-order valence-corrected chi connectivity index (χ4v) is 0.355. The molecule has 1 N–H and O–H groups in total. The molecule has 0 atom stereocenters. The minimum Gasteiger partial charge on any atom is -0.396 e. The summed E-state index contributed by atoms with van der Waals surface area (Å²) in [6.07, 6.45) is 0.449. The molecule has 0 unspecified atom stereocenters. The van der Waals surface area contributed by atoms with Crippen LogP contribution in [0.2, 0.25) is 0 Å². The summed E-state index contributed by atoms with van der Waals surface area (Å²) in [6.45, 7) is 0.0576. The molecule has 0 bridgehead atoms. The lowest BCUT2D eigenvalue weighted by molar-refractivity contribution is 0.301. The minimum absolute atomic E-state index is 0.0576. The molecule has 0 heterocycles. The molecule has 0 amide bonds. The van der Waals surface area contributed by atoms with Crippen molar-refractivity contribution in [2.45, 2.75) is 6.42 Å². The fraction of sp³-hybridized carbons (Fsp3) is 0.500. The normalized spacial score (nSPS) is 12.1. The maximum absolute atomic E-state index is 8.18. The minimum atomic E-state index is 0.0576. The Bertz CT molecular complexity index is 70.1. The van der Waals surface area contributed by atoms with Crippen LogP contribution in [0.15, 0.2) is 10.6 Å². The quantitative estimate of drug-likeness (QED) is 0.620. The molecule has 42 valence electrons. The van der Waals surface area contributed by atoms with Crippen LogP contribution in [0.4, 0.5) is 0 Å². The summed E-state index contributed by atoms with van der Waals surface area (Å²) in [5.41, 5.74) is 1.25. The van der Waals surface area contributed by atoms with Gasteiger partial charge in [-0.2, -0.15) is 0 Å². The Hall–Kier alpha value is 0.280. The van der Waals surface area contributed by atoms with Crippen molar-refractivity contribution in [2.75, 3.05) is 6.61 Å². The highest BCUT2D eigenvalue weighted by atomic mass is 35.5. The van der Waals surface area contributed by atoms with Gasteiger partial charge in [-0.3, -0.25) is 0 Å². The van der Waals surface area contributed by atoms with Crippen molar-refractivity contribution >= 4 is 23.2 Å². The molecular formula is C4H6Cl2O. The van der Waals surface area contributed by atoms with Crippen molar-refractivity contribution < 1.29 is 5.11 Å². The SMILES string of the molecule is OCCC(Cl)=CCl. The zero-order valence-corrected chi connectivity index (χ0v) is 5.21. The Morgan fingerprint density at radius 3 is 2.43 bits per heavy atom. The second-order valence-electron chi connectivity index (χ2n) is 1.03. The van der Waals surface area contributed by atoms with E-state index in [1.54, 1.807) is 0 Å². The molecule has 0 aromatic heterocycles. The average Bonchev–Trinajstić information content (AvgIpc) is 1.68. The summed E-state index contributed by atoms with van der Waals surface area (Å²) in [7, 11) is 0. The first-order valence-corrected chi connectivity index (χ1v) is 2.68. The summed E-state index contributed by atoms with van der Waals surface area (Å²) in [5, 5.41) is 8.67. The summed E-state index contributed by atoms with van der Waals surface area (Å²) in [5.74, 6) is 0. The first kappa shape index (κ1) is 7.28. The summed E-state index contributed by atoms with van der Waals surface area (Å²) in [4.78, 5) is 0. The van der Waals surface area contributed by atoms with Crippen molar-refractivity contribution in [1.29, 1.82) is 0 Å². The molecule has 3 heteroatoms. The van der Waals surface area contributed by atoms with Crippen LogP contribution in [0, 0.1) is 0 Å². The van der Waals surface area contributed by atoms with Gasteiger partial charge in [0, 0.05) is 23.6 Å². The second kappa shape index (κ2) is 4.44. The molecule has 0 saturated heterocycles. The molecule has 0 aliphatic heterocycles. The van der Waals surface area contributed by atoms with E-state index in [0.717, 1.165) is 0 Å². The smallest absolute Gasteiger partial charge is 0.0480 e. The van der Waals surface area contributed by atoms with Gasteiger partial charge in [-0.15, -0.1) is 0 Å². The van der Waals surface area contributed by atoms with Gasteiger partial charge in [0.15, 0.2) is 0 Å². The van der Waals surface area contributed by atoms with Gasteiger partial charge in [0.25, 0.3) is 0 Å². The highest BCUT2D eigenvalue weighted by Crippen LogP contribution is 2.06. The molecule has 0 aliphatic rings. The number of aliphatic hydroxyl groups is 1. The fourth-order valence-electron chi connectivity index (χ4n) is 0.161. The Morgan fingerprint density at radius 2 is 2.29 bits per heavy atom. The molecule has 0 radical (unpaired) electrons. The molecule has 1 nitrogen and oxygen atoms in total. The van der Waals surface area contributed by atoms with E-state index < -0.39 is 0 Å². The van der Waals surface area contributed by atoms with Gasteiger partial charge < -0.3 is 5.11 Å². The highest BCUT2D eigenvalue weighted by Gasteiger charge is 1.85. The van der Waals surface area contributed by atoms with Crippen molar-refractivity contribution in [3.63, 3.8) is 0 Å². The standard InChI is InChI=1S/C4H6Cl2O/c5-3-4(6)1-2-7/h3,7H,1-2H2. The Morgan fingerprint density at radius 1 is 1.71 bits per heavy atom. The third kappa shape index (κ3) is 4.13. The Labute approximate surface area is 52.5 Å². The van der Waals surface area contributed by atoms with Crippen molar-refractivity contribution in [1.82, 2.24) is 0 Å². The molecule has 0 fully saturated rings. The number of hydrogen-bond acceptors (Lipinski definition) is 1. The molecular weight excluding hydrogens is 135 g/mol. The van der Waals surface area contributed by atoms with E-state index in [2.05, 4.69) is 0 Å². The molecule has 0 saturated carbocycles. The van der Waals surface area contributed by atoms with Gasteiger partial charge in [0.2, 0.25) is 0 Å². The lowest BCUT2D eigenvalue weighted by Gasteiger charge is -1.86. The van der Waals surface area contributed by atoms with Gasteiger partial charge in [-0.1, -0.05) is 23.2 Å². The first-order chi connectivity index (χ1) is 3.31. The average molecular weight is 141 g/mol. The first-order valence-electron chi connectivity index (χ1n) is 1.87. The summed E-state index contributed by atoms with van der Waals surface area (Å²) >= 11 is 10.5. The third-order valence-corrected chi connectivity index (χ3v) is 1.14. The van der Waals surface area contributed by atoms with Gasteiger partial charge in [-0.05, 0) is 0 Å². The predicted octanol–water partition coefficient (Wildman–Crippen LogP) is 1.69. The lowest BCUT2D eigenvalue weighted by Crippen LogP contribution is -1.78. The van der Waals surface area contributed by atoms with Gasteiger partial charge in [-0.25, -0.2) is 0 Å². The van der Waals surface area contributed by atoms with Crippen molar-refractivity contribution in [2.24, 2.45) is 0 Å². The monoisotopic (exact) mass is 140 g/mol. The van der Waals surface area contributed by atoms with E-state index in [0.29, 0.717) is 11.5 Å². The molecule has 0 aromatic carbocycles. The largest absolute Gasteiger partial charge is 0.396 e. The van der Waals surface area contributed by atoms with E-state index >= 15 is 0 Å². The van der Waals surface area contributed by atoms with E-state index in [9.17, 15) is 0 Å². The molecule has 0 aliphatic carbocycles. The number of aliphatic hydroxyl groups excluding tert-OH is 1. The predicted molar refractivity (Wildman–Crippen MR) is 31.5 cm³/mol. The van der Waals surface area contributed by atoms with Crippen LogP contribution in [0.25, 0.3) is 0 Å². The van der Waals surface area contributed by atoms with E-state index in [4.69, 9.17) is 28.3 Å². The van der Waals surface area contributed by atoms with E-state index in [1.165, 1.54) is 5.54 Å². The Kier molecular flexibility index (Phi) is 4.62. The van der Waals surface area contributed by atoms with Crippen LogP contribution >= 0.6 is 23.2 Å². The highest BCUT2D eigenvalue weighted by molar-refractivity contribution is 6.36. The van der Waals surface area contributed by atoms with Crippen LogP contribution < -0.4 is 0 Å².